The monoisotopic (exact) mass is 309 g/mol. The zero-order valence-electron chi connectivity index (χ0n) is 12.0. The molecule has 0 saturated carbocycles. The number of benzene rings is 2. The summed E-state index contributed by atoms with van der Waals surface area (Å²) in [4.78, 5) is 0. The van der Waals surface area contributed by atoms with Crippen LogP contribution in [-0.2, 0) is 0 Å². The molecule has 1 N–H and O–H groups in total. The van der Waals surface area contributed by atoms with E-state index < -0.39 is 11.6 Å². The Morgan fingerprint density at radius 2 is 1.62 bits per heavy atom. The second-order valence-corrected chi connectivity index (χ2v) is 5.51. The van der Waals surface area contributed by atoms with Gasteiger partial charge in [0, 0.05) is 17.1 Å². The third-order valence-electron chi connectivity index (χ3n) is 3.58. The minimum Gasteiger partial charge on any atom is -0.303 e. The van der Waals surface area contributed by atoms with E-state index >= 15 is 0 Å². The van der Waals surface area contributed by atoms with Crippen molar-refractivity contribution in [2.75, 3.05) is 0 Å². The van der Waals surface area contributed by atoms with Gasteiger partial charge in [-0.15, -0.1) is 0 Å². The lowest BCUT2D eigenvalue weighted by atomic mass is 10.0. The van der Waals surface area contributed by atoms with Crippen molar-refractivity contribution in [1.82, 2.24) is 5.32 Å². The Labute approximate surface area is 128 Å². The highest BCUT2D eigenvalue weighted by atomic mass is 35.5. The quantitative estimate of drug-likeness (QED) is 0.777. The maximum absolute atomic E-state index is 13.3. The Bertz CT molecular complexity index is 598. The highest BCUT2D eigenvalue weighted by Gasteiger charge is 2.15. The van der Waals surface area contributed by atoms with E-state index in [9.17, 15) is 8.78 Å². The lowest BCUT2D eigenvalue weighted by Gasteiger charge is -2.23. The van der Waals surface area contributed by atoms with Gasteiger partial charge in [0.05, 0.1) is 0 Å². The van der Waals surface area contributed by atoms with Crippen molar-refractivity contribution < 1.29 is 8.78 Å². The van der Waals surface area contributed by atoms with Crippen LogP contribution in [0, 0.1) is 11.6 Å². The van der Waals surface area contributed by atoms with Gasteiger partial charge in [0.2, 0.25) is 0 Å². The SMILES string of the molecule is CCC(NC(C)c1ccc(F)c(F)c1)c1ccc(Cl)cc1. The predicted molar refractivity (Wildman–Crippen MR) is 82.4 cm³/mol. The molecule has 0 heterocycles. The fraction of sp³-hybridized carbons (Fsp3) is 0.294. The molecule has 112 valence electrons. The van der Waals surface area contributed by atoms with Crippen molar-refractivity contribution in [3.63, 3.8) is 0 Å². The first-order chi connectivity index (χ1) is 10.0. The Hall–Kier alpha value is -1.45. The Morgan fingerprint density at radius 1 is 1.00 bits per heavy atom. The molecule has 2 aromatic carbocycles. The van der Waals surface area contributed by atoms with Gasteiger partial charge < -0.3 is 5.32 Å². The molecule has 0 aromatic heterocycles. The lowest BCUT2D eigenvalue weighted by Crippen LogP contribution is -2.24. The van der Waals surface area contributed by atoms with Crippen LogP contribution in [0.1, 0.15) is 43.5 Å². The summed E-state index contributed by atoms with van der Waals surface area (Å²) in [5.74, 6) is -1.64. The van der Waals surface area contributed by atoms with Gasteiger partial charge in [-0.1, -0.05) is 36.7 Å². The number of hydrogen-bond donors (Lipinski definition) is 1. The fourth-order valence-corrected chi connectivity index (χ4v) is 2.45. The van der Waals surface area contributed by atoms with Crippen molar-refractivity contribution >= 4 is 11.6 Å². The molecule has 2 rings (SSSR count). The maximum Gasteiger partial charge on any atom is 0.159 e. The molecule has 2 aromatic rings. The third-order valence-corrected chi connectivity index (χ3v) is 3.83. The number of nitrogens with one attached hydrogen (secondary N) is 1. The molecule has 4 heteroatoms. The molecule has 1 nitrogen and oxygen atoms in total. The van der Waals surface area contributed by atoms with E-state index in [1.165, 1.54) is 6.07 Å². The summed E-state index contributed by atoms with van der Waals surface area (Å²) >= 11 is 5.90. The van der Waals surface area contributed by atoms with E-state index in [1.54, 1.807) is 6.07 Å². The zero-order valence-corrected chi connectivity index (χ0v) is 12.8. The van der Waals surface area contributed by atoms with Crippen molar-refractivity contribution in [1.29, 1.82) is 0 Å². The first kappa shape index (κ1) is 15.9. The average molecular weight is 310 g/mol. The fourth-order valence-electron chi connectivity index (χ4n) is 2.32. The first-order valence-electron chi connectivity index (χ1n) is 6.97. The van der Waals surface area contributed by atoms with Crippen LogP contribution in [0.15, 0.2) is 42.5 Å². The second kappa shape index (κ2) is 7.01. The minimum absolute atomic E-state index is 0.0827. The molecule has 2 atom stereocenters. The Balaban J connectivity index is 2.13. The molecule has 0 aliphatic heterocycles. The van der Waals surface area contributed by atoms with E-state index in [4.69, 9.17) is 11.6 Å². The number of rotatable bonds is 5. The highest BCUT2D eigenvalue weighted by molar-refractivity contribution is 6.30. The van der Waals surface area contributed by atoms with Crippen LogP contribution in [0.25, 0.3) is 0 Å². The molecule has 21 heavy (non-hydrogen) atoms. The average Bonchev–Trinajstić information content (AvgIpc) is 2.48. The van der Waals surface area contributed by atoms with Crippen LogP contribution in [-0.4, -0.2) is 0 Å². The summed E-state index contributed by atoms with van der Waals surface area (Å²) < 4.78 is 26.3. The van der Waals surface area contributed by atoms with Crippen molar-refractivity contribution in [2.24, 2.45) is 0 Å². The molecular weight excluding hydrogens is 292 g/mol. The number of halogens is 3. The summed E-state index contributed by atoms with van der Waals surface area (Å²) in [6.45, 7) is 4.01. The molecule has 0 amide bonds. The van der Waals surface area contributed by atoms with E-state index in [2.05, 4.69) is 12.2 Å². The Morgan fingerprint density at radius 3 is 2.19 bits per heavy atom. The van der Waals surface area contributed by atoms with E-state index in [1.807, 2.05) is 31.2 Å². The summed E-state index contributed by atoms with van der Waals surface area (Å²) in [5.41, 5.74) is 1.85. The van der Waals surface area contributed by atoms with E-state index in [-0.39, 0.29) is 12.1 Å². The molecule has 0 spiro atoms. The molecule has 2 unspecified atom stereocenters. The lowest BCUT2D eigenvalue weighted by molar-refractivity contribution is 0.451. The van der Waals surface area contributed by atoms with Crippen LogP contribution < -0.4 is 5.32 Å². The van der Waals surface area contributed by atoms with Crippen molar-refractivity contribution in [3.05, 3.63) is 70.2 Å². The summed E-state index contributed by atoms with van der Waals surface area (Å²) in [6, 6.07) is 11.7. The zero-order chi connectivity index (χ0) is 15.4. The van der Waals surface area contributed by atoms with Gasteiger partial charge in [-0.2, -0.15) is 0 Å². The van der Waals surface area contributed by atoms with Crippen LogP contribution in [0.3, 0.4) is 0 Å². The molecule has 0 saturated heterocycles. The topological polar surface area (TPSA) is 12.0 Å². The highest BCUT2D eigenvalue weighted by Crippen LogP contribution is 2.24. The molecular formula is C17H18ClF2N. The second-order valence-electron chi connectivity index (χ2n) is 5.07. The standard InChI is InChI=1S/C17H18ClF2N/c1-3-17(12-4-7-14(18)8-5-12)21-11(2)13-6-9-15(19)16(20)10-13/h4-11,17,21H,3H2,1-2H3. The van der Waals surface area contributed by atoms with Crippen molar-refractivity contribution in [3.8, 4) is 0 Å². The molecule has 0 radical (unpaired) electrons. The molecule has 0 bridgehead atoms. The largest absolute Gasteiger partial charge is 0.303 e. The van der Waals surface area contributed by atoms with E-state index in [0.717, 1.165) is 23.6 Å². The van der Waals surface area contributed by atoms with Gasteiger partial charge in [-0.25, -0.2) is 8.78 Å². The van der Waals surface area contributed by atoms with Gasteiger partial charge in [0.1, 0.15) is 0 Å². The van der Waals surface area contributed by atoms with Crippen LogP contribution in [0.5, 0.6) is 0 Å². The maximum atomic E-state index is 13.3. The van der Waals surface area contributed by atoms with Gasteiger partial charge in [-0.05, 0) is 48.7 Å². The van der Waals surface area contributed by atoms with Crippen LogP contribution >= 0.6 is 11.6 Å². The Kier molecular flexibility index (Phi) is 5.32. The summed E-state index contributed by atoms with van der Waals surface area (Å²) in [5, 5.41) is 4.13. The number of hydrogen-bond acceptors (Lipinski definition) is 1. The van der Waals surface area contributed by atoms with Crippen molar-refractivity contribution in [2.45, 2.75) is 32.4 Å². The normalized spacial score (nSPS) is 14.0. The first-order valence-corrected chi connectivity index (χ1v) is 7.35. The predicted octanol–water partition coefficient (Wildman–Crippen LogP) is 5.42. The van der Waals surface area contributed by atoms with E-state index in [0.29, 0.717) is 5.02 Å². The van der Waals surface area contributed by atoms with Gasteiger partial charge in [0.15, 0.2) is 11.6 Å². The van der Waals surface area contributed by atoms with Crippen LogP contribution in [0.4, 0.5) is 8.78 Å². The van der Waals surface area contributed by atoms with Gasteiger partial charge in [0.25, 0.3) is 0 Å². The molecule has 0 aliphatic rings. The molecule has 0 aliphatic carbocycles. The summed E-state index contributed by atoms with van der Waals surface area (Å²) in [7, 11) is 0. The van der Waals surface area contributed by atoms with Crippen LogP contribution in [0.2, 0.25) is 5.02 Å². The minimum atomic E-state index is -0.823. The van der Waals surface area contributed by atoms with Gasteiger partial charge in [-0.3, -0.25) is 0 Å². The summed E-state index contributed by atoms with van der Waals surface area (Å²) in [6.07, 6.45) is 0.885. The third kappa shape index (κ3) is 4.02. The van der Waals surface area contributed by atoms with Gasteiger partial charge >= 0.3 is 0 Å². The molecule has 0 fully saturated rings. The smallest absolute Gasteiger partial charge is 0.159 e.